The number of ether oxygens (including phenoxy) is 1. The zero-order valence-corrected chi connectivity index (χ0v) is 13.4. The molecule has 0 aliphatic heterocycles. The van der Waals surface area contributed by atoms with Crippen molar-refractivity contribution in [3.8, 4) is 11.6 Å². The van der Waals surface area contributed by atoms with Gasteiger partial charge in [0.05, 0.1) is 6.20 Å². The van der Waals surface area contributed by atoms with Crippen LogP contribution in [0.2, 0.25) is 0 Å². The summed E-state index contributed by atoms with van der Waals surface area (Å²) in [6.07, 6.45) is 3.38. The molecule has 2 aromatic heterocycles. The lowest BCUT2D eigenvalue weighted by molar-refractivity contribution is 0.458. The number of pyridine rings is 2. The van der Waals surface area contributed by atoms with E-state index in [1.165, 1.54) is 5.56 Å². The van der Waals surface area contributed by atoms with Crippen LogP contribution in [0.5, 0.6) is 11.6 Å². The van der Waals surface area contributed by atoms with Gasteiger partial charge in [-0.05, 0) is 34.5 Å². The number of rotatable bonds is 5. The molecule has 0 atom stereocenters. The third-order valence-electron chi connectivity index (χ3n) is 2.77. The normalized spacial score (nSPS) is 10.8. The summed E-state index contributed by atoms with van der Waals surface area (Å²) in [5, 5.41) is 3.38. The first-order chi connectivity index (χ1) is 9.54. The van der Waals surface area contributed by atoms with Crippen molar-refractivity contribution in [2.45, 2.75) is 33.4 Å². The molecule has 0 saturated heterocycles. The Balaban J connectivity index is 2.09. The molecule has 1 N–H and O–H groups in total. The Morgan fingerprint density at radius 3 is 2.75 bits per heavy atom. The Morgan fingerprint density at radius 1 is 1.30 bits per heavy atom. The molecule has 0 spiro atoms. The predicted molar refractivity (Wildman–Crippen MR) is 83.0 cm³/mol. The minimum atomic E-state index is 0.457. The molecule has 20 heavy (non-hydrogen) atoms. The standard InChI is InChI=1S/C15H18BrN3O/c1-10(2)18-7-12-4-5-15(19-11(12)3)20-14-6-13(16)8-17-9-14/h4-6,8-10,18H,7H2,1-3H3. The van der Waals surface area contributed by atoms with Crippen LogP contribution in [-0.4, -0.2) is 16.0 Å². The number of aromatic nitrogens is 2. The minimum Gasteiger partial charge on any atom is -0.437 e. The fourth-order valence-corrected chi connectivity index (χ4v) is 2.04. The number of hydrogen-bond donors (Lipinski definition) is 1. The summed E-state index contributed by atoms with van der Waals surface area (Å²) < 4.78 is 6.58. The zero-order chi connectivity index (χ0) is 14.5. The molecule has 2 rings (SSSR count). The van der Waals surface area contributed by atoms with E-state index in [9.17, 15) is 0 Å². The number of nitrogens with one attached hydrogen (secondary N) is 1. The van der Waals surface area contributed by atoms with Crippen LogP contribution in [0.3, 0.4) is 0 Å². The first-order valence-corrected chi connectivity index (χ1v) is 7.32. The molecule has 0 aliphatic rings. The highest BCUT2D eigenvalue weighted by Crippen LogP contribution is 2.22. The van der Waals surface area contributed by atoms with Crippen LogP contribution in [-0.2, 0) is 6.54 Å². The monoisotopic (exact) mass is 335 g/mol. The summed E-state index contributed by atoms with van der Waals surface area (Å²) in [5.74, 6) is 1.25. The van der Waals surface area contributed by atoms with Crippen molar-refractivity contribution >= 4 is 15.9 Å². The van der Waals surface area contributed by atoms with Crippen LogP contribution >= 0.6 is 15.9 Å². The van der Waals surface area contributed by atoms with E-state index < -0.39 is 0 Å². The number of hydrogen-bond acceptors (Lipinski definition) is 4. The maximum Gasteiger partial charge on any atom is 0.219 e. The van der Waals surface area contributed by atoms with E-state index in [0.717, 1.165) is 16.7 Å². The van der Waals surface area contributed by atoms with Gasteiger partial charge in [-0.2, -0.15) is 0 Å². The van der Waals surface area contributed by atoms with Crippen molar-refractivity contribution in [2.75, 3.05) is 0 Å². The zero-order valence-electron chi connectivity index (χ0n) is 11.9. The van der Waals surface area contributed by atoms with E-state index >= 15 is 0 Å². The van der Waals surface area contributed by atoms with Crippen molar-refractivity contribution in [3.05, 3.63) is 46.3 Å². The summed E-state index contributed by atoms with van der Waals surface area (Å²) in [7, 11) is 0. The van der Waals surface area contributed by atoms with Crippen LogP contribution in [0.25, 0.3) is 0 Å². The second-order valence-electron chi connectivity index (χ2n) is 4.87. The van der Waals surface area contributed by atoms with E-state index in [2.05, 4.69) is 45.1 Å². The van der Waals surface area contributed by atoms with Crippen LogP contribution in [0.1, 0.15) is 25.1 Å². The molecule has 0 radical (unpaired) electrons. The van der Waals surface area contributed by atoms with E-state index in [1.54, 1.807) is 12.4 Å². The maximum absolute atomic E-state index is 5.70. The van der Waals surface area contributed by atoms with E-state index in [0.29, 0.717) is 17.7 Å². The van der Waals surface area contributed by atoms with Crippen molar-refractivity contribution < 1.29 is 4.74 Å². The van der Waals surface area contributed by atoms with Gasteiger partial charge in [0, 0.05) is 35.0 Å². The fourth-order valence-electron chi connectivity index (χ4n) is 1.69. The van der Waals surface area contributed by atoms with E-state index in [-0.39, 0.29) is 0 Å². The van der Waals surface area contributed by atoms with Crippen LogP contribution < -0.4 is 10.1 Å². The van der Waals surface area contributed by atoms with Gasteiger partial charge >= 0.3 is 0 Å². The molecular weight excluding hydrogens is 318 g/mol. The molecular formula is C15H18BrN3O. The van der Waals surface area contributed by atoms with Gasteiger partial charge in [-0.3, -0.25) is 4.98 Å². The smallest absolute Gasteiger partial charge is 0.219 e. The fraction of sp³-hybridized carbons (Fsp3) is 0.333. The highest BCUT2D eigenvalue weighted by atomic mass is 79.9. The van der Waals surface area contributed by atoms with Crippen LogP contribution in [0.15, 0.2) is 35.1 Å². The second-order valence-corrected chi connectivity index (χ2v) is 5.79. The number of halogens is 1. The molecule has 5 heteroatoms. The minimum absolute atomic E-state index is 0.457. The highest BCUT2D eigenvalue weighted by molar-refractivity contribution is 9.10. The summed E-state index contributed by atoms with van der Waals surface area (Å²) in [6, 6.07) is 6.24. The maximum atomic E-state index is 5.70. The molecule has 106 valence electrons. The van der Waals surface area contributed by atoms with Crippen molar-refractivity contribution in [1.29, 1.82) is 0 Å². The third kappa shape index (κ3) is 4.28. The Labute approximate surface area is 127 Å². The Morgan fingerprint density at radius 2 is 2.10 bits per heavy atom. The first-order valence-electron chi connectivity index (χ1n) is 6.53. The topological polar surface area (TPSA) is 47.0 Å². The Hall–Kier alpha value is -1.46. The van der Waals surface area contributed by atoms with Crippen molar-refractivity contribution in [1.82, 2.24) is 15.3 Å². The predicted octanol–water partition coefficient (Wildman–Crippen LogP) is 3.84. The van der Waals surface area contributed by atoms with Gasteiger partial charge in [0.25, 0.3) is 0 Å². The average Bonchev–Trinajstić information content (AvgIpc) is 2.37. The SMILES string of the molecule is Cc1nc(Oc2cncc(Br)c2)ccc1CNC(C)C. The Bertz CT molecular complexity index is 587. The molecule has 2 aromatic rings. The van der Waals surface area contributed by atoms with Gasteiger partial charge < -0.3 is 10.1 Å². The molecule has 0 aliphatic carbocycles. The van der Waals surface area contributed by atoms with Gasteiger partial charge in [-0.1, -0.05) is 19.9 Å². The molecule has 0 saturated carbocycles. The van der Waals surface area contributed by atoms with Crippen LogP contribution in [0, 0.1) is 6.92 Å². The summed E-state index contributed by atoms with van der Waals surface area (Å²) in [6.45, 7) is 7.06. The number of nitrogens with zero attached hydrogens (tertiary/aromatic N) is 2. The molecule has 0 fully saturated rings. The molecule has 0 amide bonds. The summed E-state index contributed by atoms with van der Waals surface area (Å²) >= 11 is 3.36. The largest absolute Gasteiger partial charge is 0.437 e. The number of aryl methyl sites for hydroxylation is 1. The Kier molecular flexibility index (Phi) is 5.09. The molecule has 4 nitrogen and oxygen atoms in total. The van der Waals surface area contributed by atoms with Gasteiger partial charge in [0.2, 0.25) is 5.88 Å². The molecule has 0 unspecified atom stereocenters. The molecule has 2 heterocycles. The van der Waals surface area contributed by atoms with E-state index in [1.807, 2.05) is 25.1 Å². The quantitative estimate of drug-likeness (QED) is 0.901. The summed E-state index contributed by atoms with van der Waals surface area (Å²) in [4.78, 5) is 8.53. The molecule has 0 aromatic carbocycles. The first kappa shape index (κ1) is 14.9. The third-order valence-corrected chi connectivity index (χ3v) is 3.21. The molecule has 0 bridgehead atoms. The highest BCUT2D eigenvalue weighted by Gasteiger charge is 2.05. The van der Waals surface area contributed by atoms with Crippen LogP contribution in [0.4, 0.5) is 0 Å². The lowest BCUT2D eigenvalue weighted by Gasteiger charge is -2.11. The lowest BCUT2D eigenvalue weighted by Crippen LogP contribution is -2.22. The second kappa shape index (κ2) is 6.81. The van der Waals surface area contributed by atoms with Gasteiger partial charge in [0.15, 0.2) is 0 Å². The van der Waals surface area contributed by atoms with E-state index in [4.69, 9.17) is 4.74 Å². The van der Waals surface area contributed by atoms with Crippen molar-refractivity contribution in [3.63, 3.8) is 0 Å². The summed E-state index contributed by atoms with van der Waals surface area (Å²) in [5.41, 5.74) is 2.15. The lowest BCUT2D eigenvalue weighted by atomic mass is 10.2. The van der Waals surface area contributed by atoms with Gasteiger partial charge in [-0.15, -0.1) is 0 Å². The van der Waals surface area contributed by atoms with Gasteiger partial charge in [-0.25, -0.2) is 4.98 Å². The van der Waals surface area contributed by atoms with Crippen molar-refractivity contribution in [2.24, 2.45) is 0 Å². The average molecular weight is 336 g/mol. The van der Waals surface area contributed by atoms with Gasteiger partial charge in [0.1, 0.15) is 5.75 Å².